The number of imidazole rings is 1. The highest BCUT2D eigenvalue weighted by Crippen LogP contribution is 2.31. The first kappa shape index (κ1) is 16.9. The Hall–Kier alpha value is -2.90. The minimum Gasteiger partial charge on any atom is -0.478 e. The number of carboxylic acids is 1. The third kappa shape index (κ3) is 3.19. The monoisotopic (exact) mass is 347 g/mol. The lowest BCUT2D eigenvalue weighted by molar-refractivity contribution is -0.159. The van der Waals surface area contributed by atoms with E-state index in [1.807, 2.05) is 0 Å². The molecule has 1 aliphatic heterocycles. The van der Waals surface area contributed by atoms with Crippen molar-refractivity contribution in [1.29, 1.82) is 0 Å². The number of carbonyl (C=O) groups is 2. The first-order chi connectivity index (χ1) is 11.9. The number of halogens is 1. The number of aromatic nitrogens is 2. The van der Waals surface area contributed by atoms with Crippen LogP contribution in [0, 0.1) is 12.7 Å². The summed E-state index contributed by atoms with van der Waals surface area (Å²) in [5.74, 6) is -2.15. The molecule has 0 unspecified atom stereocenters. The van der Waals surface area contributed by atoms with Crippen molar-refractivity contribution >= 4 is 11.9 Å². The van der Waals surface area contributed by atoms with E-state index in [2.05, 4.69) is 9.97 Å². The molecule has 25 heavy (non-hydrogen) atoms. The molecule has 1 aromatic heterocycles. The first-order valence-electron chi connectivity index (χ1n) is 7.89. The number of ether oxygens (including phenoxy) is 1. The van der Waals surface area contributed by atoms with Gasteiger partial charge in [0.1, 0.15) is 5.69 Å². The molecule has 1 saturated heterocycles. The number of likely N-dealkylation sites (tertiary alicyclic amines) is 1. The van der Waals surface area contributed by atoms with E-state index in [-0.39, 0.29) is 37.6 Å². The molecule has 2 aromatic rings. The van der Waals surface area contributed by atoms with E-state index in [9.17, 15) is 19.1 Å². The van der Waals surface area contributed by atoms with Crippen LogP contribution >= 0.6 is 0 Å². The second kappa shape index (κ2) is 6.54. The minimum atomic E-state index is -1.56. The van der Waals surface area contributed by atoms with Crippen LogP contribution in [0.3, 0.4) is 0 Å². The second-order valence-electron chi connectivity index (χ2n) is 6.00. The van der Waals surface area contributed by atoms with Gasteiger partial charge in [0.05, 0.1) is 6.33 Å². The summed E-state index contributed by atoms with van der Waals surface area (Å²) in [7, 11) is 0. The maximum Gasteiger partial charge on any atom is 0.348 e. The summed E-state index contributed by atoms with van der Waals surface area (Å²) < 4.78 is 19.4. The predicted molar refractivity (Wildman–Crippen MR) is 85.9 cm³/mol. The maximum absolute atomic E-state index is 13.8. The van der Waals surface area contributed by atoms with Crippen molar-refractivity contribution < 1.29 is 23.8 Å². The maximum atomic E-state index is 13.8. The Morgan fingerprint density at radius 3 is 2.56 bits per heavy atom. The molecule has 0 bridgehead atoms. The van der Waals surface area contributed by atoms with Gasteiger partial charge >= 0.3 is 5.97 Å². The van der Waals surface area contributed by atoms with E-state index < -0.39 is 17.4 Å². The van der Waals surface area contributed by atoms with Gasteiger partial charge in [0.25, 0.3) is 5.91 Å². The quantitative estimate of drug-likeness (QED) is 0.882. The first-order valence-corrected chi connectivity index (χ1v) is 7.89. The molecule has 132 valence electrons. The highest BCUT2D eigenvalue weighted by atomic mass is 19.1. The van der Waals surface area contributed by atoms with Gasteiger partial charge in [-0.1, -0.05) is 12.1 Å². The van der Waals surface area contributed by atoms with Crippen molar-refractivity contribution in [2.24, 2.45) is 0 Å². The summed E-state index contributed by atoms with van der Waals surface area (Å²) in [5.41, 5.74) is -0.583. The number of nitrogens with zero attached hydrogens (tertiary/aromatic N) is 2. The summed E-state index contributed by atoms with van der Waals surface area (Å²) in [6.45, 7) is 2.12. The smallest absolute Gasteiger partial charge is 0.348 e. The Morgan fingerprint density at radius 1 is 1.32 bits per heavy atom. The number of H-pyrrole nitrogens is 1. The van der Waals surface area contributed by atoms with Crippen LogP contribution < -0.4 is 4.74 Å². The van der Waals surface area contributed by atoms with Gasteiger partial charge in [-0.2, -0.15) is 0 Å². The van der Waals surface area contributed by atoms with Gasteiger partial charge in [-0.05, 0) is 19.1 Å². The Kier molecular flexibility index (Phi) is 4.43. The standard InChI is InChI=1S/C17H18FN3O4/c1-11-14(20-10-19-11)15(22)21-8-6-17(7-9-21,16(23)24)25-13-5-3-2-4-12(13)18/h2-5,10H,6-9H2,1H3,(H,19,20)(H,23,24). The van der Waals surface area contributed by atoms with Crippen molar-refractivity contribution in [3.8, 4) is 5.75 Å². The van der Waals surface area contributed by atoms with E-state index in [1.165, 1.54) is 29.4 Å². The third-order valence-electron chi connectivity index (χ3n) is 4.42. The SMILES string of the molecule is Cc1[nH]cnc1C(=O)N1CCC(Oc2ccccc2F)(C(=O)O)CC1. The highest BCUT2D eigenvalue weighted by molar-refractivity contribution is 5.93. The molecule has 1 amide bonds. The molecule has 0 saturated carbocycles. The summed E-state index contributed by atoms with van der Waals surface area (Å²) in [6, 6.07) is 5.69. The number of hydrogen-bond acceptors (Lipinski definition) is 4. The fraction of sp³-hybridized carbons (Fsp3) is 0.353. The van der Waals surface area contributed by atoms with Crippen LogP contribution in [0.4, 0.5) is 4.39 Å². The molecule has 8 heteroatoms. The number of aliphatic carboxylic acids is 1. The van der Waals surface area contributed by atoms with Crippen LogP contribution in [0.25, 0.3) is 0 Å². The van der Waals surface area contributed by atoms with Crippen LogP contribution in [0.5, 0.6) is 5.75 Å². The lowest BCUT2D eigenvalue weighted by Crippen LogP contribution is -2.54. The number of carbonyl (C=O) groups excluding carboxylic acids is 1. The number of piperidine rings is 1. The van der Waals surface area contributed by atoms with Crippen LogP contribution in [0.2, 0.25) is 0 Å². The molecular formula is C17H18FN3O4. The Labute approximate surface area is 143 Å². The molecule has 0 radical (unpaired) electrons. The van der Waals surface area contributed by atoms with Crippen LogP contribution in [0.1, 0.15) is 29.0 Å². The van der Waals surface area contributed by atoms with Crippen molar-refractivity contribution in [2.75, 3.05) is 13.1 Å². The number of nitrogens with one attached hydrogen (secondary N) is 1. The van der Waals surface area contributed by atoms with Gasteiger partial charge in [0.15, 0.2) is 11.6 Å². The number of benzene rings is 1. The molecule has 0 aliphatic carbocycles. The van der Waals surface area contributed by atoms with E-state index in [1.54, 1.807) is 13.0 Å². The molecule has 1 fully saturated rings. The van der Waals surface area contributed by atoms with E-state index in [0.717, 1.165) is 0 Å². The number of amides is 1. The second-order valence-corrected chi connectivity index (χ2v) is 6.00. The summed E-state index contributed by atoms with van der Waals surface area (Å²) in [4.78, 5) is 32.6. The molecule has 0 atom stereocenters. The number of rotatable bonds is 4. The van der Waals surface area contributed by atoms with E-state index in [4.69, 9.17) is 4.74 Å². The van der Waals surface area contributed by atoms with Gasteiger partial charge in [-0.3, -0.25) is 4.79 Å². The normalized spacial score (nSPS) is 16.5. The molecule has 0 spiro atoms. The highest BCUT2D eigenvalue weighted by Gasteiger charge is 2.45. The summed E-state index contributed by atoms with van der Waals surface area (Å²) in [6.07, 6.45) is 1.56. The van der Waals surface area contributed by atoms with Crippen molar-refractivity contribution in [1.82, 2.24) is 14.9 Å². The van der Waals surface area contributed by atoms with Crippen molar-refractivity contribution in [2.45, 2.75) is 25.4 Å². The average Bonchev–Trinajstić information content (AvgIpc) is 3.03. The van der Waals surface area contributed by atoms with Crippen LogP contribution in [0.15, 0.2) is 30.6 Å². The minimum absolute atomic E-state index is 0.0614. The molecular weight excluding hydrogens is 329 g/mol. The molecule has 2 heterocycles. The lowest BCUT2D eigenvalue weighted by atomic mass is 9.90. The van der Waals surface area contributed by atoms with Gasteiger partial charge < -0.3 is 19.7 Å². The van der Waals surface area contributed by atoms with Gasteiger partial charge in [-0.25, -0.2) is 14.2 Å². The predicted octanol–water partition coefficient (Wildman–Crippen LogP) is 2.00. The Balaban J connectivity index is 1.75. The number of aromatic amines is 1. The largest absolute Gasteiger partial charge is 0.478 e. The van der Waals surface area contributed by atoms with E-state index in [0.29, 0.717) is 11.4 Å². The lowest BCUT2D eigenvalue weighted by Gasteiger charge is -2.38. The van der Waals surface area contributed by atoms with E-state index >= 15 is 0 Å². The van der Waals surface area contributed by atoms with Crippen LogP contribution in [-0.2, 0) is 4.79 Å². The van der Waals surface area contributed by atoms with Crippen LogP contribution in [-0.4, -0.2) is 50.5 Å². The Bertz CT molecular complexity index is 797. The van der Waals surface area contributed by atoms with Crippen molar-refractivity contribution in [3.05, 3.63) is 47.8 Å². The third-order valence-corrected chi connectivity index (χ3v) is 4.42. The number of carboxylic acid groups (broad SMARTS) is 1. The zero-order chi connectivity index (χ0) is 18.0. The summed E-state index contributed by atoms with van der Waals surface area (Å²) >= 11 is 0. The molecule has 1 aliphatic rings. The molecule has 3 rings (SSSR count). The molecule has 7 nitrogen and oxygen atoms in total. The fourth-order valence-corrected chi connectivity index (χ4v) is 2.89. The van der Waals surface area contributed by atoms with Gasteiger partial charge in [0.2, 0.25) is 5.60 Å². The average molecular weight is 347 g/mol. The zero-order valence-corrected chi connectivity index (χ0v) is 13.7. The number of hydrogen-bond donors (Lipinski definition) is 2. The molecule has 1 aromatic carbocycles. The Morgan fingerprint density at radius 2 is 2.00 bits per heavy atom. The topological polar surface area (TPSA) is 95.5 Å². The molecule has 2 N–H and O–H groups in total. The van der Waals surface area contributed by atoms with Gasteiger partial charge in [0, 0.05) is 31.6 Å². The van der Waals surface area contributed by atoms with Gasteiger partial charge in [-0.15, -0.1) is 0 Å². The number of aryl methyl sites for hydroxylation is 1. The fourth-order valence-electron chi connectivity index (χ4n) is 2.89. The summed E-state index contributed by atoms with van der Waals surface area (Å²) in [5, 5.41) is 9.63. The zero-order valence-electron chi connectivity index (χ0n) is 13.7. The van der Waals surface area contributed by atoms with Crippen molar-refractivity contribution in [3.63, 3.8) is 0 Å². The number of para-hydroxylation sites is 1.